The Morgan fingerprint density at radius 2 is 2.08 bits per heavy atom. The fourth-order valence-corrected chi connectivity index (χ4v) is 2.29. The van der Waals surface area contributed by atoms with E-state index < -0.39 is 0 Å². The highest BCUT2D eigenvalue weighted by Crippen LogP contribution is 2.25. The van der Waals surface area contributed by atoms with Gasteiger partial charge in [0.2, 0.25) is 11.9 Å². The average Bonchev–Trinajstić information content (AvgIpc) is 2.53. The number of anilines is 2. The zero-order chi connectivity index (χ0) is 17.5. The molecule has 0 fully saturated rings. The molecule has 24 heavy (non-hydrogen) atoms. The monoisotopic (exact) mass is 445 g/mol. The van der Waals surface area contributed by atoms with Crippen molar-refractivity contribution in [1.29, 1.82) is 0 Å². The lowest BCUT2D eigenvalue weighted by Crippen LogP contribution is -2.32. The third kappa shape index (κ3) is 4.72. The number of nitrogens with one attached hydrogen (secondary N) is 3. The molecule has 0 saturated heterocycles. The van der Waals surface area contributed by atoms with Crippen molar-refractivity contribution < 1.29 is 17.4 Å². The highest BCUT2D eigenvalue weighted by molar-refractivity contribution is 14.1. The van der Waals surface area contributed by atoms with E-state index in [9.17, 15) is 9.59 Å². The van der Waals surface area contributed by atoms with Crippen LogP contribution in [0.25, 0.3) is 10.9 Å². The van der Waals surface area contributed by atoms with Crippen molar-refractivity contribution in [2.24, 2.45) is 0 Å². The van der Waals surface area contributed by atoms with Crippen molar-refractivity contribution in [3.05, 3.63) is 23.8 Å². The number of hydrogen-bond acceptors (Lipinski definition) is 7. The molecule has 2 aromatic rings. The van der Waals surface area contributed by atoms with E-state index in [1.165, 1.54) is 6.92 Å². The molecule has 2 rings (SSSR count). The molecule has 0 aliphatic rings. The van der Waals surface area contributed by atoms with Gasteiger partial charge in [-0.05, 0) is 6.07 Å². The summed E-state index contributed by atoms with van der Waals surface area (Å²) >= 11 is 1.63. The third-order valence-corrected chi connectivity index (χ3v) is 3.22. The van der Waals surface area contributed by atoms with E-state index in [4.69, 9.17) is 7.80 Å². The number of para-hydroxylation sites is 1. The van der Waals surface area contributed by atoms with Crippen LogP contribution in [0.3, 0.4) is 0 Å². The van der Waals surface area contributed by atoms with Gasteiger partial charge in [-0.1, -0.05) is 12.1 Å². The highest BCUT2D eigenvalue weighted by atomic mass is 127. The molecule has 2 amide bonds. The zero-order valence-electron chi connectivity index (χ0n) is 13.1. The lowest BCUT2D eigenvalue weighted by atomic mass is 10.1. The molecule has 0 radical (unpaired) electrons. The van der Waals surface area contributed by atoms with Gasteiger partial charge in [-0.25, -0.2) is 4.98 Å². The molecule has 1 heterocycles. The summed E-state index contributed by atoms with van der Waals surface area (Å²) in [7, 11) is 1.58. The molecule has 0 aliphatic heterocycles. The summed E-state index contributed by atoms with van der Waals surface area (Å²) < 4.78 is 9.89. The van der Waals surface area contributed by atoms with Crippen LogP contribution >= 0.6 is 23.0 Å². The van der Waals surface area contributed by atoms with Gasteiger partial charge in [0.05, 0.1) is 12.1 Å². The summed E-state index contributed by atoms with van der Waals surface area (Å²) in [5, 5.41) is 3.21. The Hall–Kier alpha value is -2.05. The van der Waals surface area contributed by atoms with E-state index in [1.54, 1.807) is 36.2 Å². The molecule has 1 aromatic heterocycles. The minimum absolute atomic E-state index is 0.107. The van der Waals surface area contributed by atoms with Crippen LogP contribution in [0.2, 0.25) is 0 Å². The van der Waals surface area contributed by atoms with Crippen molar-refractivity contribution in [3.63, 3.8) is 0 Å². The van der Waals surface area contributed by atoms with Crippen molar-refractivity contribution in [1.82, 2.24) is 15.4 Å². The molecule has 0 aliphatic carbocycles. The minimum Gasteiger partial charge on any atom is -0.380 e. The SMILES string of the molecule is COCc1cccc2c(NNC(=O)COI)nc(NC(C)=O)nc12. The van der Waals surface area contributed by atoms with Crippen LogP contribution < -0.4 is 16.2 Å². The number of rotatable bonds is 7. The summed E-state index contributed by atoms with van der Waals surface area (Å²) in [4.78, 5) is 31.4. The normalized spacial score (nSPS) is 10.5. The Morgan fingerprint density at radius 1 is 1.29 bits per heavy atom. The van der Waals surface area contributed by atoms with Gasteiger partial charge < -0.3 is 7.80 Å². The average molecular weight is 445 g/mol. The predicted molar refractivity (Wildman–Crippen MR) is 96.3 cm³/mol. The molecule has 3 N–H and O–H groups in total. The van der Waals surface area contributed by atoms with Crippen molar-refractivity contribution in [2.45, 2.75) is 13.5 Å². The van der Waals surface area contributed by atoms with Crippen LogP contribution in [0.4, 0.5) is 11.8 Å². The van der Waals surface area contributed by atoms with Gasteiger partial charge in [-0.15, -0.1) is 0 Å². The number of benzene rings is 1. The first-order valence-electron chi connectivity index (χ1n) is 6.89. The molecular formula is C14H16IN5O4. The lowest BCUT2D eigenvalue weighted by Gasteiger charge is -2.13. The van der Waals surface area contributed by atoms with Crippen LogP contribution in [-0.4, -0.2) is 35.5 Å². The summed E-state index contributed by atoms with van der Waals surface area (Å²) in [5.74, 6) is -0.193. The Kier molecular flexibility index (Phi) is 6.63. The maximum absolute atomic E-state index is 11.5. The molecule has 9 nitrogen and oxygen atoms in total. The van der Waals surface area contributed by atoms with Gasteiger partial charge in [0, 0.05) is 25.0 Å². The van der Waals surface area contributed by atoms with Crippen LogP contribution in [0.5, 0.6) is 0 Å². The van der Waals surface area contributed by atoms with E-state index >= 15 is 0 Å². The largest absolute Gasteiger partial charge is 0.380 e. The van der Waals surface area contributed by atoms with Crippen LogP contribution in [0, 0.1) is 0 Å². The molecular weight excluding hydrogens is 429 g/mol. The van der Waals surface area contributed by atoms with E-state index in [0.717, 1.165) is 5.56 Å². The van der Waals surface area contributed by atoms with E-state index in [-0.39, 0.29) is 24.4 Å². The fourth-order valence-electron chi connectivity index (χ4n) is 2.01. The molecule has 1 aromatic carbocycles. The number of carbonyl (C=O) groups is 2. The predicted octanol–water partition coefficient (Wildman–Crippen LogP) is 1.54. The Morgan fingerprint density at radius 3 is 2.75 bits per heavy atom. The number of amides is 2. The van der Waals surface area contributed by atoms with Gasteiger partial charge in [0.1, 0.15) is 29.6 Å². The Bertz CT molecular complexity index is 755. The summed E-state index contributed by atoms with van der Waals surface area (Å²) in [6.45, 7) is 1.60. The Labute approximate surface area is 152 Å². The molecule has 128 valence electrons. The standard InChI is InChI=1S/C14H16IN5O4/c1-8(21)16-14-17-12-9(6-23-2)4-3-5-10(12)13(18-14)20-19-11(22)7-24-15/h3-5H,6-7H2,1-2H3,(H,19,22)(H2,16,17,18,20,21). The second-order valence-corrected chi connectivity index (χ2v) is 5.37. The van der Waals surface area contributed by atoms with Gasteiger partial charge in [-0.3, -0.25) is 25.8 Å². The first kappa shape index (κ1) is 18.3. The molecule has 0 spiro atoms. The smallest absolute Gasteiger partial charge is 0.265 e. The molecule has 0 unspecified atom stereocenters. The van der Waals surface area contributed by atoms with Crippen molar-refractivity contribution in [3.8, 4) is 0 Å². The number of hydrazine groups is 1. The van der Waals surface area contributed by atoms with Gasteiger partial charge in [-0.2, -0.15) is 4.98 Å². The molecule has 0 saturated carbocycles. The fraction of sp³-hybridized carbons (Fsp3) is 0.286. The zero-order valence-corrected chi connectivity index (χ0v) is 15.2. The number of carbonyl (C=O) groups excluding carboxylic acids is 2. The van der Waals surface area contributed by atoms with E-state index in [1.807, 2.05) is 12.1 Å². The number of halogens is 1. The quantitative estimate of drug-likeness (QED) is 0.438. The molecule has 10 heteroatoms. The van der Waals surface area contributed by atoms with Gasteiger partial charge >= 0.3 is 0 Å². The summed E-state index contributed by atoms with van der Waals surface area (Å²) in [5.41, 5.74) is 6.64. The second-order valence-electron chi connectivity index (χ2n) is 4.75. The number of nitrogens with zero attached hydrogens (tertiary/aromatic N) is 2. The van der Waals surface area contributed by atoms with Crippen LogP contribution in [-0.2, 0) is 24.0 Å². The van der Waals surface area contributed by atoms with E-state index in [2.05, 4.69) is 26.1 Å². The summed E-state index contributed by atoms with van der Waals surface area (Å²) in [6, 6.07) is 5.50. The number of ether oxygens (including phenoxy) is 1. The van der Waals surface area contributed by atoms with Gasteiger partial charge in [0.15, 0.2) is 5.82 Å². The van der Waals surface area contributed by atoms with E-state index in [0.29, 0.717) is 23.3 Å². The molecule has 0 atom stereocenters. The number of fused-ring (bicyclic) bond motifs is 1. The second kappa shape index (κ2) is 8.70. The van der Waals surface area contributed by atoms with Crippen LogP contribution in [0.15, 0.2) is 18.2 Å². The first-order chi connectivity index (χ1) is 11.5. The number of methoxy groups -OCH3 is 1. The van der Waals surface area contributed by atoms with Crippen molar-refractivity contribution >= 4 is 57.5 Å². The van der Waals surface area contributed by atoms with Crippen LogP contribution in [0.1, 0.15) is 12.5 Å². The lowest BCUT2D eigenvalue weighted by molar-refractivity contribution is -0.121. The maximum Gasteiger partial charge on any atom is 0.265 e. The number of hydrogen-bond donors (Lipinski definition) is 3. The highest BCUT2D eigenvalue weighted by Gasteiger charge is 2.12. The first-order valence-corrected chi connectivity index (χ1v) is 7.77. The minimum atomic E-state index is -0.370. The topological polar surface area (TPSA) is 114 Å². The Balaban J connectivity index is 2.44. The number of aromatic nitrogens is 2. The van der Waals surface area contributed by atoms with Gasteiger partial charge in [0.25, 0.3) is 5.91 Å². The summed E-state index contributed by atoms with van der Waals surface area (Å²) in [6.07, 6.45) is 0. The van der Waals surface area contributed by atoms with Crippen molar-refractivity contribution in [2.75, 3.05) is 24.5 Å². The maximum atomic E-state index is 11.5. The third-order valence-electron chi connectivity index (χ3n) is 2.90. The molecule has 0 bridgehead atoms.